The van der Waals surface area contributed by atoms with Crippen LogP contribution in [0.15, 0.2) is 45.3 Å². The highest BCUT2D eigenvalue weighted by Gasteiger charge is 2.04. The molecule has 0 aliphatic rings. The number of hydrogen-bond donors (Lipinski definition) is 1. The molecule has 0 radical (unpaired) electrons. The smallest absolute Gasteiger partial charge is 0.123 e. The van der Waals surface area contributed by atoms with Crippen molar-refractivity contribution in [3.63, 3.8) is 0 Å². The molecule has 0 saturated carbocycles. The maximum absolute atomic E-state index is 13.1. The van der Waals surface area contributed by atoms with E-state index in [-0.39, 0.29) is 5.82 Å². The maximum atomic E-state index is 13.1. The molecule has 2 aromatic carbocycles. The fraction of sp³-hybridized carbons (Fsp3) is 0.143. The molecule has 0 amide bonds. The summed E-state index contributed by atoms with van der Waals surface area (Å²) in [5, 5.41) is 3.97. The van der Waals surface area contributed by atoms with E-state index in [9.17, 15) is 4.39 Å². The third-order valence-corrected chi connectivity index (χ3v) is 4.28. The Kier molecular flexibility index (Phi) is 5.39. The van der Waals surface area contributed by atoms with Crippen molar-refractivity contribution in [1.82, 2.24) is 5.32 Å². The Hall–Kier alpha value is -0.420. The van der Waals surface area contributed by atoms with E-state index >= 15 is 0 Å². The zero-order valence-electron chi connectivity index (χ0n) is 9.89. The van der Waals surface area contributed by atoms with E-state index in [0.717, 1.165) is 20.1 Å². The topological polar surface area (TPSA) is 12.0 Å². The molecule has 0 saturated heterocycles. The van der Waals surface area contributed by atoms with Crippen LogP contribution in [0.5, 0.6) is 0 Å². The van der Waals surface area contributed by atoms with Crippen LogP contribution in [-0.2, 0) is 13.1 Å². The average molecular weight is 408 g/mol. The summed E-state index contributed by atoms with van der Waals surface area (Å²) in [7, 11) is 0. The first-order chi connectivity index (χ1) is 9.06. The quantitative estimate of drug-likeness (QED) is 0.726. The first kappa shape index (κ1) is 15.0. The number of halogens is 4. The monoisotopic (exact) mass is 405 g/mol. The molecule has 0 atom stereocenters. The maximum Gasteiger partial charge on any atom is 0.123 e. The summed E-state index contributed by atoms with van der Waals surface area (Å²) in [5.74, 6) is -0.236. The fourth-order valence-corrected chi connectivity index (χ4v) is 2.67. The molecule has 100 valence electrons. The van der Waals surface area contributed by atoms with Crippen LogP contribution >= 0.6 is 43.5 Å². The van der Waals surface area contributed by atoms with Crippen molar-refractivity contribution in [1.29, 1.82) is 0 Å². The van der Waals surface area contributed by atoms with Crippen molar-refractivity contribution in [2.45, 2.75) is 13.1 Å². The van der Waals surface area contributed by atoms with Gasteiger partial charge in [-0.3, -0.25) is 0 Å². The molecule has 1 N–H and O–H groups in total. The molecule has 5 heteroatoms. The highest BCUT2D eigenvalue weighted by molar-refractivity contribution is 9.10. The highest BCUT2D eigenvalue weighted by atomic mass is 79.9. The summed E-state index contributed by atoms with van der Waals surface area (Å²) < 4.78 is 15.0. The normalized spacial score (nSPS) is 10.7. The molecule has 2 rings (SSSR count). The molecule has 19 heavy (non-hydrogen) atoms. The number of benzene rings is 2. The summed E-state index contributed by atoms with van der Waals surface area (Å²) >= 11 is 12.9. The van der Waals surface area contributed by atoms with Gasteiger partial charge >= 0.3 is 0 Å². The summed E-state index contributed by atoms with van der Waals surface area (Å²) in [6.07, 6.45) is 0. The van der Waals surface area contributed by atoms with Gasteiger partial charge in [0, 0.05) is 27.1 Å². The summed E-state index contributed by atoms with van der Waals surface area (Å²) in [6.45, 7) is 1.20. The minimum Gasteiger partial charge on any atom is -0.309 e. The molecule has 0 spiro atoms. The van der Waals surface area contributed by atoms with E-state index in [1.807, 2.05) is 18.2 Å². The largest absolute Gasteiger partial charge is 0.309 e. The predicted octanol–water partition coefficient (Wildman–Crippen LogP) is 5.29. The minimum atomic E-state index is -0.236. The summed E-state index contributed by atoms with van der Waals surface area (Å²) in [5.41, 5.74) is 1.88. The van der Waals surface area contributed by atoms with Crippen LogP contribution in [0.4, 0.5) is 4.39 Å². The Morgan fingerprint density at radius 1 is 1.00 bits per heavy atom. The Balaban J connectivity index is 2.00. The second-order valence-corrected chi connectivity index (χ2v) is 6.25. The molecule has 0 aliphatic carbocycles. The predicted molar refractivity (Wildman–Crippen MR) is 83.8 cm³/mol. The lowest BCUT2D eigenvalue weighted by molar-refractivity contribution is 0.619. The molecular formula is C14H11Br2ClFN. The van der Waals surface area contributed by atoms with Crippen LogP contribution in [-0.4, -0.2) is 0 Å². The van der Waals surface area contributed by atoms with Crippen molar-refractivity contribution in [2.75, 3.05) is 0 Å². The van der Waals surface area contributed by atoms with Gasteiger partial charge in [-0.05, 0) is 47.5 Å². The molecule has 0 aromatic heterocycles. The molecule has 0 unspecified atom stereocenters. The first-order valence-corrected chi connectivity index (χ1v) is 7.61. The second-order valence-electron chi connectivity index (χ2n) is 4.08. The lowest BCUT2D eigenvalue weighted by Crippen LogP contribution is -2.13. The van der Waals surface area contributed by atoms with Gasteiger partial charge in [-0.1, -0.05) is 43.5 Å². The van der Waals surface area contributed by atoms with Gasteiger partial charge in [0.05, 0.1) is 0 Å². The fourth-order valence-electron chi connectivity index (χ4n) is 1.69. The first-order valence-electron chi connectivity index (χ1n) is 5.65. The van der Waals surface area contributed by atoms with Gasteiger partial charge in [0.15, 0.2) is 0 Å². The van der Waals surface area contributed by atoms with Crippen LogP contribution < -0.4 is 5.32 Å². The number of hydrogen-bond acceptors (Lipinski definition) is 1. The van der Waals surface area contributed by atoms with Crippen molar-refractivity contribution >= 4 is 43.5 Å². The SMILES string of the molecule is Fc1ccc(Br)c(CNCc2cc(Br)ccc2Cl)c1. The van der Waals surface area contributed by atoms with Crippen LogP contribution in [0.2, 0.25) is 5.02 Å². The van der Waals surface area contributed by atoms with Gasteiger partial charge in [-0.15, -0.1) is 0 Å². The number of nitrogens with one attached hydrogen (secondary N) is 1. The minimum absolute atomic E-state index is 0.236. The lowest BCUT2D eigenvalue weighted by atomic mass is 10.2. The van der Waals surface area contributed by atoms with Gasteiger partial charge in [0.1, 0.15) is 5.82 Å². The standard InChI is InChI=1S/C14H11Br2ClFN/c15-11-1-4-14(17)10(5-11)8-19-7-9-6-12(18)2-3-13(9)16/h1-6,19H,7-8H2. The summed E-state index contributed by atoms with van der Waals surface area (Å²) in [4.78, 5) is 0. The lowest BCUT2D eigenvalue weighted by Gasteiger charge is -2.09. The van der Waals surface area contributed by atoms with E-state index in [0.29, 0.717) is 18.1 Å². The van der Waals surface area contributed by atoms with Crippen LogP contribution in [0.1, 0.15) is 11.1 Å². The highest BCUT2D eigenvalue weighted by Crippen LogP contribution is 2.21. The Morgan fingerprint density at radius 3 is 2.53 bits per heavy atom. The molecule has 0 bridgehead atoms. The average Bonchev–Trinajstić information content (AvgIpc) is 2.38. The molecular weight excluding hydrogens is 396 g/mol. The van der Waals surface area contributed by atoms with Gasteiger partial charge in [-0.2, -0.15) is 0 Å². The van der Waals surface area contributed by atoms with Gasteiger partial charge in [0.2, 0.25) is 0 Å². The van der Waals surface area contributed by atoms with E-state index in [1.165, 1.54) is 12.1 Å². The van der Waals surface area contributed by atoms with Crippen molar-refractivity contribution in [3.8, 4) is 0 Å². The van der Waals surface area contributed by atoms with Crippen molar-refractivity contribution in [2.24, 2.45) is 0 Å². The molecule has 0 heterocycles. The third-order valence-electron chi connectivity index (χ3n) is 2.65. The molecule has 0 aliphatic heterocycles. The zero-order valence-corrected chi connectivity index (χ0v) is 13.8. The molecule has 0 fully saturated rings. The van der Waals surface area contributed by atoms with E-state index in [4.69, 9.17) is 11.6 Å². The summed E-state index contributed by atoms with van der Waals surface area (Å²) in [6, 6.07) is 10.4. The van der Waals surface area contributed by atoms with Gasteiger partial charge in [0.25, 0.3) is 0 Å². The van der Waals surface area contributed by atoms with Crippen molar-refractivity contribution in [3.05, 3.63) is 67.3 Å². The van der Waals surface area contributed by atoms with E-state index in [2.05, 4.69) is 37.2 Å². The van der Waals surface area contributed by atoms with Gasteiger partial charge < -0.3 is 5.32 Å². The van der Waals surface area contributed by atoms with E-state index in [1.54, 1.807) is 6.07 Å². The van der Waals surface area contributed by atoms with Gasteiger partial charge in [-0.25, -0.2) is 4.39 Å². The Labute approximate surface area is 133 Å². The van der Waals surface area contributed by atoms with Crippen LogP contribution in [0.25, 0.3) is 0 Å². The van der Waals surface area contributed by atoms with Crippen LogP contribution in [0, 0.1) is 5.82 Å². The third kappa shape index (κ3) is 4.28. The number of rotatable bonds is 4. The molecule has 2 aromatic rings. The van der Waals surface area contributed by atoms with Crippen LogP contribution in [0.3, 0.4) is 0 Å². The van der Waals surface area contributed by atoms with E-state index < -0.39 is 0 Å². The van der Waals surface area contributed by atoms with Crippen molar-refractivity contribution < 1.29 is 4.39 Å². The zero-order chi connectivity index (χ0) is 13.8. The second kappa shape index (κ2) is 6.84. The Bertz CT molecular complexity index is 538. The molecule has 1 nitrogen and oxygen atoms in total. The Morgan fingerprint density at radius 2 is 1.74 bits per heavy atom.